The molecule has 2 aromatic carbocycles. The van der Waals surface area contributed by atoms with Gasteiger partial charge in [-0.1, -0.05) is 12.1 Å². The van der Waals surface area contributed by atoms with Gasteiger partial charge >= 0.3 is 0 Å². The highest BCUT2D eigenvalue weighted by Gasteiger charge is 2.19. The molecule has 0 saturated heterocycles. The molecule has 3 aromatic rings. The highest BCUT2D eigenvalue weighted by molar-refractivity contribution is 6.08. The van der Waals surface area contributed by atoms with Crippen LogP contribution in [0.1, 0.15) is 31.1 Å². The van der Waals surface area contributed by atoms with Crippen LogP contribution in [0, 0.1) is 0 Å². The molecular formula is C20H23N3O4. The Labute approximate surface area is 157 Å². The lowest BCUT2D eigenvalue weighted by Gasteiger charge is -2.17. The zero-order chi connectivity index (χ0) is 19.2. The molecule has 0 aliphatic heterocycles. The number of aromatic nitrogens is 2. The van der Waals surface area contributed by atoms with E-state index in [0.717, 1.165) is 10.9 Å². The zero-order valence-electron chi connectivity index (χ0n) is 15.7. The molecule has 0 fully saturated rings. The highest BCUT2D eigenvalue weighted by atomic mass is 16.5. The highest BCUT2D eigenvalue weighted by Crippen LogP contribution is 2.39. The summed E-state index contributed by atoms with van der Waals surface area (Å²) in [5.74, 6) is 1.20. The molecule has 1 amide bonds. The number of anilines is 1. The number of rotatable bonds is 8. The Kier molecular flexibility index (Phi) is 5.80. The SMILES string of the molecule is CCOc1cc(C(=O)Nc2cccc3cn[nH]c23)cc(OCC)c1OCC. The van der Waals surface area contributed by atoms with Crippen molar-refractivity contribution in [3.8, 4) is 17.2 Å². The minimum atomic E-state index is -0.276. The third kappa shape index (κ3) is 3.97. The molecule has 3 rings (SSSR count). The van der Waals surface area contributed by atoms with Crippen LogP contribution in [0.4, 0.5) is 5.69 Å². The molecule has 0 unspecified atom stereocenters. The molecule has 2 N–H and O–H groups in total. The standard InChI is InChI=1S/C20H23N3O4/c1-4-25-16-10-14(11-17(26-5-2)19(16)27-6-3)20(24)22-15-9-7-8-13-12-21-23-18(13)15/h7-12H,4-6H2,1-3H3,(H,21,23)(H,22,24). The number of hydrogen-bond acceptors (Lipinski definition) is 5. The Balaban J connectivity index is 1.96. The third-order valence-corrected chi connectivity index (χ3v) is 3.90. The van der Waals surface area contributed by atoms with E-state index in [1.165, 1.54) is 0 Å². The van der Waals surface area contributed by atoms with Gasteiger partial charge in [-0.25, -0.2) is 0 Å². The fourth-order valence-electron chi connectivity index (χ4n) is 2.79. The number of para-hydroxylation sites is 1. The van der Waals surface area contributed by atoms with E-state index in [-0.39, 0.29) is 5.91 Å². The average Bonchev–Trinajstić information content (AvgIpc) is 3.14. The van der Waals surface area contributed by atoms with E-state index in [9.17, 15) is 4.79 Å². The molecule has 27 heavy (non-hydrogen) atoms. The lowest BCUT2D eigenvalue weighted by atomic mass is 10.1. The Morgan fingerprint density at radius 2 is 1.70 bits per heavy atom. The first-order valence-electron chi connectivity index (χ1n) is 8.97. The van der Waals surface area contributed by atoms with Crippen LogP contribution in [0.2, 0.25) is 0 Å². The topological polar surface area (TPSA) is 85.5 Å². The minimum Gasteiger partial charge on any atom is -0.490 e. The molecule has 1 heterocycles. The second-order valence-corrected chi connectivity index (χ2v) is 5.69. The van der Waals surface area contributed by atoms with Gasteiger partial charge < -0.3 is 19.5 Å². The quantitative estimate of drug-likeness (QED) is 0.627. The number of nitrogens with zero attached hydrogens (tertiary/aromatic N) is 1. The predicted octanol–water partition coefficient (Wildman–Crippen LogP) is 4.01. The summed E-state index contributed by atoms with van der Waals surface area (Å²) < 4.78 is 17.0. The monoisotopic (exact) mass is 369 g/mol. The molecule has 0 saturated carbocycles. The van der Waals surface area contributed by atoms with Gasteiger partial charge in [0.05, 0.1) is 37.2 Å². The van der Waals surface area contributed by atoms with Gasteiger partial charge in [-0.15, -0.1) is 0 Å². The number of aromatic amines is 1. The van der Waals surface area contributed by atoms with Crippen molar-refractivity contribution in [2.75, 3.05) is 25.1 Å². The summed E-state index contributed by atoms with van der Waals surface area (Å²) >= 11 is 0. The number of nitrogens with one attached hydrogen (secondary N) is 2. The van der Waals surface area contributed by atoms with Crippen LogP contribution in [0.5, 0.6) is 17.2 Å². The summed E-state index contributed by atoms with van der Waals surface area (Å²) in [6, 6.07) is 8.94. The Morgan fingerprint density at radius 1 is 1.04 bits per heavy atom. The summed E-state index contributed by atoms with van der Waals surface area (Å²) in [6.07, 6.45) is 1.71. The number of ether oxygens (including phenoxy) is 3. The summed E-state index contributed by atoms with van der Waals surface area (Å²) in [5, 5.41) is 10.8. The van der Waals surface area contributed by atoms with Crippen LogP contribution in [-0.4, -0.2) is 35.9 Å². The van der Waals surface area contributed by atoms with E-state index < -0.39 is 0 Å². The molecule has 7 heteroatoms. The van der Waals surface area contributed by atoms with Gasteiger partial charge in [0, 0.05) is 10.9 Å². The number of carbonyl (C=O) groups excluding carboxylic acids is 1. The molecule has 142 valence electrons. The van der Waals surface area contributed by atoms with Gasteiger partial charge in [0.2, 0.25) is 5.75 Å². The van der Waals surface area contributed by atoms with E-state index in [1.807, 2.05) is 39.0 Å². The molecule has 1 aromatic heterocycles. The van der Waals surface area contributed by atoms with Crippen LogP contribution < -0.4 is 19.5 Å². The van der Waals surface area contributed by atoms with Crippen LogP contribution in [0.25, 0.3) is 10.9 Å². The van der Waals surface area contributed by atoms with Crippen LogP contribution >= 0.6 is 0 Å². The molecular weight excluding hydrogens is 346 g/mol. The fourth-order valence-corrected chi connectivity index (χ4v) is 2.79. The second kappa shape index (κ2) is 8.44. The van der Waals surface area contributed by atoms with E-state index in [4.69, 9.17) is 14.2 Å². The first kappa shape index (κ1) is 18.6. The predicted molar refractivity (Wildman–Crippen MR) is 104 cm³/mol. The maximum absolute atomic E-state index is 12.9. The van der Waals surface area contributed by atoms with Crippen LogP contribution in [0.15, 0.2) is 36.5 Å². The minimum absolute atomic E-state index is 0.276. The van der Waals surface area contributed by atoms with Crippen molar-refractivity contribution in [3.63, 3.8) is 0 Å². The number of amides is 1. The lowest BCUT2D eigenvalue weighted by Crippen LogP contribution is -2.13. The third-order valence-electron chi connectivity index (χ3n) is 3.90. The van der Waals surface area contributed by atoms with Gasteiger partial charge in [-0.05, 0) is 39.0 Å². The Hall–Kier alpha value is -3.22. The summed E-state index contributed by atoms with van der Waals surface area (Å²) in [4.78, 5) is 12.9. The summed E-state index contributed by atoms with van der Waals surface area (Å²) in [5.41, 5.74) is 1.84. The smallest absolute Gasteiger partial charge is 0.255 e. The van der Waals surface area contributed by atoms with Crippen molar-refractivity contribution in [2.45, 2.75) is 20.8 Å². The number of H-pyrrole nitrogens is 1. The molecule has 0 aliphatic carbocycles. The number of carbonyl (C=O) groups is 1. The first-order valence-corrected chi connectivity index (χ1v) is 8.97. The van der Waals surface area contributed by atoms with Crippen molar-refractivity contribution >= 4 is 22.5 Å². The fraction of sp³-hybridized carbons (Fsp3) is 0.300. The van der Waals surface area contributed by atoms with Crippen molar-refractivity contribution < 1.29 is 19.0 Å². The first-order chi connectivity index (χ1) is 13.2. The number of benzene rings is 2. The second-order valence-electron chi connectivity index (χ2n) is 5.69. The molecule has 0 radical (unpaired) electrons. The normalized spacial score (nSPS) is 10.6. The van der Waals surface area contributed by atoms with Gasteiger partial charge in [0.1, 0.15) is 0 Å². The van der Waals surface area contributed by atoms with Gasteiger partial charge in [-0.3, -0.25) is 9.89 Å². The van der Waals surface area contributed by atoms with Gasteiger partial charge in [0.15, 0.2) is 11.5 Å². The van der Waals surface area contributed by atoms with E-state index >= 15 is 0 Å². The van der Waals surface area contributed by atoms with E-state index in [1.54, 1.807) is 18.3 Å². The van der Waals surface area contributed by atoms with Crippen LogP contribution in [-0.2, 0) is 0 Å². The maximum Gasteiger partial charge on any atom is 0.255 e. The number of fused-ring (bicyclic) bond motifs is 1. The van der Waals surface area contributed by atoms with E-state index in [0.29, 0.717) is 48.3 Å². The van der Waals surface area contributed by atoms with Crippen LogP contribution in [0.3, 0.4) is 0 Å². The Bertz CT molecular complexity index is 909. The van der Waals surface area contributed by atoms with Gasteiger partial charge in [-0.2, -0.15) is 5.10 Å². The molecule has 0 spiro atoms. The molecule has 7 nitrogen and oxygen atoms in total. The zero-order valence-corrected chi connectivity index (χ0v) is 15.7. The van der Waals surface area contributed by atoms with E-state index in [2.05, 4.69) is 15.5 Å². The maximum atomic E-state index is 12.9. The van der Waals surface area contributed by atoms with Crippen molar-refractivity contribution in [3.05, 3.63) is 42.1 Å². The van der Waals surface area contributed by atoms with Crippen molar-refractivity contribution in [2.24, 2.45) is 0 Å². The lowest BCUT2D eigenvalue weighted by molar-refractivity contribution is 0.102. The van der Waals surface area contributed by atoms with Crippen molar-refractivity contribution in [1.82, 2.24) is 10.2 Å². The summed E-state index contributed by atoms with van der Waals surface area (Å²) in [6.45, 7) is 7.00. The molecule has 0 bridgehead atoms. The average molecular weight is 369 g/mol. The van der Waals surface area contributed by atoms with Crippen molar-refractivity contribution in [1.29, 1.82) is 0 Å². The van der Waals surface area contributed by atoms with Gasteiger partial charge in [0.25, 0.3) is 5.91 Å². The number of hydrogen-bond donors (Lipinski definition) is 2. The Morgan fingerprint density at radius 3 is 2.33 bits per heavy atom. The summed E-state index contributed by atoms with van der Waals surface area (Å²) in [7, 11) is 0. The molecule has 0 aliphatic rings. The largest absolute Gasteiger partial charge is 0.490 e. The molecule has 0 atom stereocenters.